The summed E-state index contributed by atoms with van der Waals surface area (Å²) >= 11 is 0. The summed E-state index contributed by atoms with van der Waals surface area (Å²) < 4.78 is 19.2. The van der Waals surface area contributed by atoms with Crippen LogP contribution in [-0.4, -0.2) is 60.4 Å². The number of carbonyl (C=O) groups excluding carboxylic acids is 3. The number of aromatic nitrogens is 1. The van der Waals surface area contributed by atoms with Gasteiger partial charge in [-0.05, 0) is 17.7 Å². The van der Waals surface area contributed by atoms with Crippen molar-refractivity contribution in [3.8, 4) is 5.75 Å². The second kappa shape index (κ2) is 7.83. The van der Waals surface area contributed by atoms with Crippen LogP contribution in [0.2, 0.25) is 0 Å². The van der Waals surface area contributed by atoms with Gasteiger partial charge in [-0.2, -0.15) is 0 Å². The van der Waals surface area contributed by atoms with E-state index in [4.69, 9.17) is 4.74 Å². The number of Topliss-reactive ketones (excluding diaryl/α,β-unsaturated/α-hetero) is 2. The second-order valence-electron chi connectivity index (χ2n) is 7.29. The fourth-order valence-corrected chi connectivity index (χ4v) is 3.83. The van der Waals surface area contributed by atoms with Gasteiger partial charge in [0, 0.05) is 25.2 Å². The van der Waals surface area contributed by atoms with Crippen LogP contribution < -0.4 is 15.0 Å². The molecule has 30 heavy (non-hydrogen) atoms. The first kappa shape index (κ1) is 20.0. The third-order valence-corrected chi connectivity index (χ3v) is 5.29. The molecule has 2 unspecified atom stereocenters. The van der Waals surface area contributed by atoms with Crippen molar-refractivity contribution in [2.45, 2.75) is 12.5 Å². The molecular formula is C21H20FN3O5. The fraction of sp³-hybridized carbons (Fsp3) is 0.333. The monoisotopic (exact) mass is 413 g/mol. The number of benzene rings is 1. The first-order valence-electron chi connectivity index (χ1n) is 9.50. The minimum atomic E-state index is -1.48. The van der Waals surface area contributed by atoms with Gasteiger partial charge in [0.1, 0.15) is 23.3 Å². The summed E-state index contributed by atoms with van der Waals surface area (Å²) in [7, 11) is 1.36. The predicted octanol–water partition coefficient (Wildman–Crippen LogP) is 0.499. The van der Waals surface area contributed by atoms with Gasteiger partial charge in [-0.15, -0.1) is 0 Å². The van der Waals surface area contributed by atoms with Crippen molar-refractivity contribution in [3.63, 3.8) is 0 Å². The molecule has 1 aromatic heterocycles. The number of ether oxygens (including phenoxy) is 1. The highest BCUT2D eigenvalue weighted by Gasteiger charge is 2.44. The Morgan fingerprint density at radius 2 is 2.07 bits per heavy atom. The number of aliphatic hydroxyl groups excluding tert-OH is 1. The molecule has 0 aliphatic carbocycles. The predicted molar refractivity (Wildman–Crippen MR) is 104 cm³/mol. The highest BCUT2D eigenvalue weighted by molar-refractivity contribution is 6.26. The molecule has 1 aromatic carbocycles. The van der Waals surface area contributed by atoms with Gasteiger partial charge in [0.25, 0.3) is 0 Å². The lowest BCUT2D eigenvalue weighted by molar-refractivity contribution is -0.130. The zero-order valence-corrected chi connectivity index (χ0v) is 16.2. The molecule has 0 fully saturated rings. The topological polar surface area (TPSA) is 109 Å². The average molecular weight is 413 g/mol. The number of rotatable bonds is 4. The van der Waals surface area contributed by atoms with Gasteiger partial charge in [-0.3, -0.25) is 19.4 Å². The smallest absolute Gasteiger partial charge is 0.238 e. The Morgan fingerprint density at radius 3 is 2.73 bits per heavy atom. The van der Waals surface area contributed by atoms with Gasteiger partial charge in [0.15, 0.2) is 17.5 Å². The zero-order chi connectivity index (χ0) is 21.4. The van der Waals surface area contributed by atoms with Crippen molar-refractivity contribution in [1.82, 2.24) is 10.3 Å². The molecule has 9 heteroatoms. The highest BCUT2D eigenvalue weighted by atomic mass is 19.1. The molecule has 2 atom stereocenters. The number of hydrogen-bond donors (Lipinski definition) is 2. The van der Waals surface area contributed by atoms with Crippen molar-refractivity contribution < 1.29 is 28.6 Å². The highest BCUT2D eigenvalue weighted by Crippen LogP contribution is 2.41. The zero-order valence-electron chi connectivity index (χ0n) is 16.2. The maximum atomic E-state index is 13.2. The van der Waals surface area contributed by atoms with Crippen LogP contribution in [0.1, 0.15) is 21.6 Å². The van der Waals surface area contributed by atoms with E-state index in [1.807, 2.05) is 0 Å². The molecule has 2 aliphatic rings. The van der Waals surface area contributed by atoms with E-state index in [0.29, 0.717) is 23.4 Å². The summed E-state index contributed by atoms with van der Waals surface area (Å²) in [5.74, 6) is -3.40. The van der Waals surface area contributed by atoms with E-state index in [-0.39, 0.29) is 31.2 Å². The largest absolute Gasteiger partial charge is 0.484 e. The van der Waals surface area contributed by atoms with Crippen LogP contribution in [0.4, 0.5) is 10.1 Å². The van der Waals surface area contributed by atoms with Crippen molar-refractivity contribution in [2.75, 3.05) is 31.6 Å². The molecule has 8 nitrogen and oxygen atoms in total. The molecule has 0 saturated heterocycles. The summed E-state index contributed by atoms with van der Waals surface area (Å²) in [5.41, 5.74) is 1.77. The molecular weight excluding hydrogens is 393 g/mol. The molecule has 1 amide bonds. The number of halogens is 1. The number of nitrogens with one attached hydrogen (secondary N) is 1. The van der Waals surface area contributed by atoms with Crippen LogP contribution in [0.15, 0.2) is 30.5 Å². The van der Waals surface area contributed by atoms with Crippen LogP contribution >= 0.6 is 0 Å². The molecule has 0 spiro atoms. The van der Waals surface area contributed by atoms with Gasteiger partial charge in [-0.1, -0.05) is 12.1 Å². The van der Waals surface area contributed by atoms with Crippen molar-refractivity contribution in [2.24, 2.45) is 5.92 Å². The van der Waals surface area contributed by atoms with E-state index < -0.39 is 29.5 Å². The Hall–Kier alpha value is -3.33. The van der Waals surface area contributed by atoms with E-state index in [1.54, 1.807) is 17.0 Å². The molecule has 2 N–H and O–H groups in total. The maximum absolute atomic E-state index is 13.2. The van der Waals surface area contributed by atoms with E-state index in [0.717, 1.165) is 5.56 Å². The molecule has 2 aromatic rings. The molecule has 3 heterocycles. The number of nitrogens with zero attached hydrogens (tertiary/aromatic N) is 2. The number of pyridine rings is 1. The van der Waals surface area contributed by atoms with Crippen LogP contribution in [0.25, 0.3) is 0 Å². The SMILES string of the molecule is CNC(=O)C1C(=O)CN2CC(CO)Oc3c(Cc4ccc(F)cc4)cnc(c32)C1=O. The van der Waals surface area contributed by atoms with Crippen molar-refractivity contribution >= 4 is 23.2 Å². The molecule has 0 saturated carbocycles. The minimum Gasteiger partial charge on any atom is -0.484 e. The summed E-state index contributed by atoms with van der Waals surface area (Å²) in [6, 6.07) is 5.96. The Morgan fingerprint density at radius 1 is 1.33 bits per heavy atom. The van der Waals surface area contributed by atoms with Gasteiger partial charge in [0.2, 0.25) is 11.7 Å². The quantitative estimate of drug-likeness (QED) is 0.703. The number of ketones is 2. The molecule has 0 radical (unpaired) electrons. The third kappa shape index (κ3) is 3.41. The number of amides is 1. The molecule has 0 bridgehead atoms. The fourth-order valence-electron chi connectivity index (χ4n) is 3.83. The summed E-state index contributed by atoms with van der Waals surface area (Å²) in [6.45, 7) is -0.284. The van der Waals surface area contributed by atoms with Gasteiger partial charge >= 0.3 is 0 Å². The summed E-state index contributed by atoms with van der Waals surface area (Å²) in [6.07, 6.45) is 1.20. The van der Waals surface area contributed by atoms with Gasteiger partial charge in [-0.25, -0.2) is 4.39 Å². The number of aliphatic hydroxyl groups is 1. The Kier molecular flexibility index (Phi) is 5.21. The van der Waals surface area contributed by atoms with Crippen LogP contribution in [0, 0.1) is 11.7 Å². The number of carbonyl (C=O) groups is 3. The first-order valence-corrected chi connectivity index (χ1v) is 9.50. The lowest BCUT2D eigenvalue weighted by Gasteiger charge is -2.36. The van der Waals surface area contributed by atoms with E-state index in [1.165, 1.54) is 25.4 Å². The van der Waals surface area contributed by atoms with Crippen molar-refractivity contribution in [3.05, 3.63) is 53.1 Å². The first-order chi connectivity index (χ1) is 14.4. The summed E-state index contributed by atoms with van der Waals surface area (Å²) in [5, 5.41) is 12.0. The second-order valence-corrected chi connectivity index (χ2v) is 7.29. The van der Waals surface area contributed by atoms with Crippen LogP contribution in [0.3, 0.4) is 0 Å². The van der Waals surface area contributed by atoms with Gasteiger partial charge in [0.05, 0.1) is 19.7 Å². The molecule has 4 rings (SSSR count). The van der Waals surface area contributed by atoms with E-state index in [9.17, 15) is 23.9 Å². The lowest BCUT2D eigenvalue weighted by Crippen LogP contribution is -2.46. The lowest BCUT2D eigenvalue weighted by atomic mass is 9.95. The normalized spacial score (nSPS) is 20.3. The van der Waals surface area contributed by atoms with Crippen molar-refractivity contribution in [1.29, 1.82) is 0 Å². The maximum Gasteiger partial charge on any atom is 0.238 e. The molecule has 2 aliphatic heterocycles. The van der Waals surface area contributed by atoms with Crippen LogP contribution in [0.5, 0.6) is 5.75 Å². The standard InChI is InChI=1S/C21H20FN3O5/c1-23-21(29)16-15(27)9-25-8-14(10-26)30-20-12(6-11-2-4-13(22)5-3-11)7-24-17(18(20)25)19(16)28/h2-5,7,14,16,26H,6,8-10H2,1H3,(H,23,29). The minimum absolute atomic E-state index is 0.0105. The third-order valence-electron chi connectivity index (χ3n) is 5.29. The van der Waals surface area contributed by atoms with Crippen LogP contribution in [-0.2, 0) is 16.0 Å². The summed E-state index contributed by atoms with van der Waals surface area (Å²) in [4.78, 5) is 43.9. The average Bonchev–Trinajstić information content (AvgIpc) is 2.85. The Bertz CT molecular complexity index is 1020. The number of anilines is 1. The number of hydrogen-bond acceptors (Lipinski definition) is 7. The van der Waals surface area contributed by atoms with E-state index >= 15 is 0 Å². The Balaban J connectivity index is 1.83. The molecule has 156 valence electrons. The Labute approximate surface area is 171 Å². The van der Waals surface area contributed by atoms with E-state index in [2.05, 4.69) is 10.3 Å². The van der Waals surface area contributed by atoms with Gasteiger partial charge < -0.3 is 20.1 Å².